The highest BCUT2D eigenvalue weighted by atomic mass is 16.6. The third kappa shape index (κ3) is 4.03. The average molecular weight is 371 g/mol. The predicted molar refractivity (Wildman–Crippen MR) is 96.4 cm³/mol. The topological polar surface area (TPSA) is 96.3 Å². The molecule has 0 aliphatic carbocycles. The van der Waals surface area contributed by atoms with E-state index < -0.39 is 18.8 Å². The van der Waals surface area contributed by atoms with Crippen molar-refractivity contribution in [3.8, 4) is 11.5 Å². The number of aromatic hydroxyl groups is 1. The van der Waals surface area contributed by atoms with Crippen LogP contribution in [-0.4, -0.2) is 47.4 Å². The summed E-state index contributed by atoms with van der Waals surface area (Å²) in [7, 11) is 1.31. The van der Waals surface area contributed by atoms with E-state index in [0.717, 1.165) is 11.1 Å². The Labute approximate surface area is 156 Å². The number of hydrogen-bond donors (Lipinski definition) is 2. The molecule has 1 aliphatic heterocycles. The molecule has 7 nitrogen and oxygen atoms in total. The van der Waals surface area contributed by atoms with Crippen molar-refractivity contribution in [3.05, 3.63) is 59.2 Å². The molecule has 7 heteroatoms. The molecule has 2 aromatic rings. The summed E-state index contributed by atoms with van der Waals surface area (Å²) in [5.41, 5.74) is 2.08. The minimum absolute atomic E-state index is 0.0237. The molecule has 1 amide bonds. The van der Waals surface area contributed by atoms with Crippen molar-refractivity contribution in [1.29, 1.82) is 0 Å². The SMILES string of the molecule is COC(=O)CC(c1ccc(OCO)cc1)N1CCc2cc(O)ccc2C1=O. The lowest BCUT2D eigenvalue weighted by Gasteiger charge is -2.35. The first-order valence-electron chi connectivity index (χ1n) is 8.56. The number of aliphatic hydroxyl groups is 1. The number of rotatable bonds is 6. The first-order chi connectivity index (χ1) is 13.0. The Balaban J connectivity index is 1.92. The Morgan fingerprint density at radius 3 is 2.63 bits per heavy atom. The van der Waals surface area contributed by atoms with Gasteiger partial charge in [-0.3, -0.25) is 9.59 Å². The fourth-order valence-corrected chi connectivity index (χ4v) is 3.30. The van der Waals surface area contributed by atoms with Crippen molar-refractivity contribution in [2.75, 3.05) is 20.4 Å². The Kier molecular flexibility index (Phi) is 5.61. The predicted octanol–water partition coefficient (Wildman–Crippen LogP) is 2.02. The van der Waals surface area contributed by atoms with Crippen molar-refractivity contribution < 1.29 is 29.3 Å². The van der Waals surface area contributed by atoms with Crippen molar-refractivity contribution in [1.82, 2.24) is 4.90 Å². The second-order valence-electron chi connectivity index (χ2n) is 6.23. The minimum Gasteiger partial charge on any atom is -0.508 e. The first kappa shape index (κ1) is 18.7. The monoisotopic (exact) mass is 371 g/mol. The van der Waals surface area contributed by atoms with Gasteiger partial charge in [0.25, 0.3) is 5.91 Å². The number of aliphatic hydroxyl groups excluding tert-OH is 1. The zero-order chi connectivity index (χ0) is 19.4. The van der Waals surface area contributed by atoms with Gasteiger partial charge in [0.05, 0.1) is 19.6 Å². The number of fused-ring (bicyclic) bond motifs is 1. The fraction of sp³-hybridized carbons (Fsp3) is 0.300. The first-order valence-corrected chi connectivity index (χ1v) is 8.56. The van der Waals surface area contributed by atoms with Gasteiger partial charge in [0, 0.05) is 12.1 Å². The molecule has 27 heavy (non-hydrogen) atoms. The number of phenolic OH excluding ortho intramolecular Hbond substituents is 1. The molecular weight excluding hydrogens is 350 g/mol. The maximum Gasteiger partial charge on any atom is 0.307 e. The Morgan fingerprint density at radius 2 is 1.96 bits per heavy atom. The fourth-order valence-electron chi connectivity index (χ4n) is 3.30. The molecule has 2 aromatic carbocycles. The molecule has 1 atom stereocenters. The summed E-state index contributed by atoms with van der Waals surface area (Å²) in [6, 6.07) is 11.1. The number of ether oxygens (including phenoxy) is 2. The lowest BCUT2D eigenvalue weighted by Crippen LogP contribution is -2.41. The average Bonchev–Trinajstić information content (AvgIpc) is 2.67. The summed E-state index contributed by atoms with van der Waals surface area (Å²) >= 11 is 0. The van der Waals surface area contributed by atoms with Gasteiger partial charge in [-0.05, 0) is 47.9 Å². The Morgan fingerprint density at radius 1 is 1.22 bits per heavy atom. The van der Waals surface area contributed by atoms with Crippen LogP contribution in [0.5, 0.6) is 11.5 Å². The van der Waals surface area contributed by atoms with Crippen LogP contribution in [0.4, 0.5) is 0 Å². The molecule has 3 rings (SSSR count). The normalized spacial score (nSPS) is 14.4. The van der Waals surface area contributed by atoms with E-state index >= 15 is 0 Å². The van der Waals surface area contributed by atoms with Crippen molar-refractivity contribution >= 4 is 11.9 Å². The number of benzene rings is 2. The van der Waals surface area contributed by atoms with Gasteiger partial charge in [0.2, 0.25) is 0 Å². The van der Waals surface area contributed by atoms with E-state index in [4.69, 9.17) is 14.6 Å². The van der Waals surface area contributed by atoms with Crippen LogP contribution in [-0.2, 0) is 16.0 Å². The van der Waals surface area contributed by atoms with Gasteiger partial charge in [0.1, 0.15) is 11.5 Å². The molecule has 0 saturated carbocycles. The van der Waals surface area contributed by atoms with E-state index in [1.165, 1.54) is 13.2 Å². The van der Waals surface area contributed by atoms with Crippen LogP contribution >= 0.6 is 0 Å². The van der Waals surface area contributed by atoms with Crippen molar-refractivity contribution in [2.24, 2.45) is 0 Å². The summed E-state index contributed by atoms with van der Waals surface area (Å²) in [5, 5.41) is 18.5. The third-order valence-electron chi connectivity index (χ3n) is 4.66. The zero-order valence-electron chi connectivity index (χ0n) is 14.9. The van der Waals surface area contributed by atoms with E-state index in [-0.39, 0.29) is 18.1 Å². The molecule has 142 valence electrons. The van der Waals surface area contributed by atoms with Crippen LogP contribution in [0.15, 0.2) is 42.5 Å². The molecular formula is C20H21NO6. The van der Waals surface area contributed by atoms with Gasteiger partial charge in [-0.25, -0.2) is 0 Å². The smallest absolute Gasteiger partial charge is 0.307 e. The summed E-state index contributed by atoms with van der Waals surface area (Å²) in [4.78, 5) is 26.6. The lowest BCUT2D eigenvalue weighted by molar-refractivity contribution is -0.141. The van der Waals surface area contributed by atoms with E-state index in [2.05, 4.69) is 0 Å². The highest BCUT2D eigenvalue weighted by molar-refractivity contribution is 5.97. The minimum atomic E-state index is -0.491. The van der Waals surface area contributed by atoms with Crippen LogP contribution in [0.2, 0.25) is 0 Å². The van der Waals surface area contributed by atoms with Crippen LogP contribution in [0.3, 0.4) is 0 Å². The number of methoxy groups -OCH3 is 1. The summed E-state index contributed by atoms with van der Waals surface area (Å²) < 4.78 is 9.83. The number of esters is 1. The second-order valence-corrected chi connectivity index (χ2v) is 6.23. The van der Waals surface area contributed by atoms with E-state index in [0.29, 0.717) is 24.3 Å². The number of phenols is 1. The van der Waals surface area contributed by atoms with E-state index in [1.54, 1.807) is 41.3 Å². The van der Waals surface area contributed by atoms with Crippen molar-refractivity contribution in [3.63, 3.8) is 0 Å². The van der Waals surface area contributed by atoms with Gasteiger partial charge < -0.3 is 24.6 Å². The standard InChI is InChI=1S/C20H21NO6/c1-26-19(24)11-18(13-2-5-16(6-3-13)27-12-22)21-9-8-14-10-15(23)4-7-17(14)20(21)25/h2-7,10,18,22-23H,8-9,11-12H2,1H3. The number of carbonyl (C=O) groups is 2. The maximum absolute atomic E-state index is 13.0. The molecule has 0 radical (unpaired) electrons. The van der Waals surface area contributed by atoms with E-state index in [9.17, 15) is 14.7 Å². The van der Waals surface area contributed by atoms with Gasteiger partial charge in [-0.15, -0.1) is 0 Å². The lowest BCUT2D eigenvalue weighted by atomic mass is 9.94. The van der Waals surface area contributed by atoms with Crippen LogP contribution in [0, 0.1) is 0 Å². The second kappa shape index (κ2) is 8.09. The van der Waals surface area contributed by atoms with Crippen LogP contribution in [0.25, 0.3) is 0 Å². The number of amides is 1. The highest BCUT2D eigenvalue weighted by Gasteiger charge is 2.32. The molecule has 0 aromatic heterocycles. The summed E-state index contributed by atoms with van der Waals surface area (Å²) in [6.07, 6.45) is 0.606. The molecule has 0 spiro atoms. The molecule has 1 heterocycles. The van der Waals surface area contributed by atoms with Crippen LogP contribution < -0.4 is 4.74 Å². The Hall–Kier alpha value is -3.06. The molecule has 2 N–H and O–H groups in total. The largest absolute Gasteiger partial charge is 0.508 e. The molecule has 1 unspecified atom stereocenters. The van der Waals surface area contributed by atoms with Crippen LogP contribution in [0.1, 0.15) is 33.9 Å². The van der Waals surface area contributed by atoms with Crippen molar-refractivity contribution in [2.45, 2.75) is 18.9 Å². The van der Waals surface area contributed by atoms with E-state index in [1.807, 2.05) is 0 Å². The van der Waals surface area contributed by atoms with Gasteiger partial charge >= 0.3 is 5.97 Å². The summed E-state index contributed by atoms with van der Waals surface area (Å²) in [5.74, 6) is 0.00488. The molecule has 0 bridgehead atoms. The van der Waals surface area contributed by atoms with Gasteiger partial charge in [0.15, 0.2) is 6.79 Å². The maximum atomic E-state index is 13.0. The zero-order valence-corrected chi connectivity index (χ0v) is 14.9. The molecule has 0 saturated heterocycles. The third-order valence-corrected chi connectivity index (χ3v) is 4.66. The highest BCUT2D eigenvalue weighted by Crippen LogP contribution is 2.32. The quantitative estimate of drug-likeness (QED) is 0.596. The number of nitrogens with zero attached hydrogens (tertiary/aromatic N) is 1. The molecule has 1 aliphatic rings. The van der Waals surface area contributed by atoms with Gasteiger partial charge in [-0.1, -0.05) is 12.1 Å². The summed E-state index contributed by atoms with van der Waals surface area (Å²) in [6.45, 7) is -0.00891. The Bertz CT molecular complexity index is 833. The molecule has 0 fully saturated rings. The number of carbonyl (C=O) groups excluding carboxylic acids is 2. The van der Waals surface area contributed by atoms with Gasteiger partial charge in [-0.2, -0.15) is 0 Å². The number of hydrogen-bond acceptors (Lipinski definition) is 6.